The van der Waals surface area contributed by atoms with Crippen molar-refractivity contribution < 1.29 is 4.92 Å². The van der Waals surface area contributed by atoms with Crippen molar-refractivity contribution in [3.63, 3.8) is 0 Å². The van der Waals surface area contributed by atoms with Crippen LogP contribution in [0.2, 0.25) is 0 Å². The Morgan fingerprint density at radius 2 is 2.05 bits per heavy atom. The first-order chi connectivity index (χ1) is 9.63. The van der Waals surface area contributed by atoms with E-state index >= 15 is 0 Å². The summed E-state index contributed by atoms with van der Waals surface area (Å²) in [6.07, 6.45) is 2.31. The second-order valence-electron chi connectivity index (χ2n) is 4.82. The number of para-hydroxylation sites is 1. The van der Waals surface area contributed by atoms with Gasteiger partial charge in [-0.2, -0.15) is 0 Å². The van der Waals surface area contributed by atoms with Gasteiger partial charge in [-0.15, -0.1) is 0 Å². The molecule has 0 saturated heterocycles. The number of nitrogens with one attached hydrogen (secondary N) is 1. The van der Waals surface area contributed by atoms with Gasteiger partial charge in [0.05, 0.1) is 4.92 Å². The van der Waals surface area contributed by atoms with Crippen molar-refractivity contribution in [3.05, 3.63) is 33.9 Å². The van der Waals surface area contributed by atoms with Crippen molar-refractivity contribution in [2.45, 2.75) is 40.2 Å². The predicted octanol–water partition coefficient (Wildman–Crippen LogP) is 3.65. The molecule has 5 nitrogen and oxygen atoms in total. The number of hydrogen-bond acceptors (Lipinski definition) is 4. The van der Waals surface area contributed by atoms with E-state index in [2.05, 4.69) is 24.1 Å². The molecule has 1 aromatic rings. The molecule has 0 heterocycles. The number of nitro groups is 1. The van der Waals surface area contributed by atoms with Crippen LogP contribution in [0.4, 0.5) is 11.4 Å². The molecule has 0 spiro atoms. The van der Waals surface area contributed by atoms with Crippen molar-refractivity contribution in [2.24, 2.45) is 0 Å². The molecule has 0 radical (unpaired) electrons. The molecule has 0 amide bonds. The fraction of sp³-hybridized carbons (Fsp3) is 0.600. The molecule has 5 heteroatoms. The Morgan fingerprint density at radius 1 is 1.30 bits per heavy atom. The van der Waals surface area contributed by atoms with Crippen LogP contribution in [0.25, 0.3) is 0 Å². The van der Waals surface area contributed by atoms with Gasteiger partial charge < -0.3 is 5.32 Å². The van der Waals surface area contributed by atoms with Gasteiger partial charge in [-0.25, -0.2) is 0 Å². The average Bonchev–Trinajstić information content (AvgIpc) is 2.44. The van der Waals surface area contributed by atoms with E-state index in [1.165, 1.54) is 0 Å². The van der Waals surface area contributed by atoms with E-state index in [0.717, 1.165) is 38.0 Å². The maximum absolute atomic E-state index is 11.1. The average molecular weight is 279 g/mol. The quantitative estimate of drug-likeness (QED) is 0.553. The van der Waals surface area contributed by atoms with Gasteiger partial charge in [-0.1, -0.05) is 32.4 Å². The van der Waals surface area contributed by atoms with E-state index in [9.17, 15) is 10.1 Å². The molecule has 0 bridgehead atoms. The first-order valence-corrected chi connectivity index (χ1v) is 7.36. The molecule has 0 aromatic heterocycles. The highest BCUT2D eigenvalue weighted by atomic mass is 16.6. The maximum atomic E-state index is 11.1. The molecule has 0 saturated carbocycles. The first-order valence-electron chi connectivity index (χ1n) is 7.36. The summed E-state index contributed by atoms with van der Waals surface area (Å²) < 4.78 is 0. The summed E-state index contributed by atoms with van der Waals surface area (Å²) in [6.45, 7) is 9.66. The van der Waals surface area contributed by atoms with E-state index in [0.29, 0.717) is 12.2 Å². The number of rotatable bonds is 9. The SMILES string of the molecule is CCCCN(CC)Cc1cccc([N+](=O)[O-])c1NCC. The molecule has 0 atom stereocenters. The van der Waals surface area contributed by atoms with Crippen LogP contribution in [-0.4, -0.2) is 29.5 Å². The smallest absolute Gasteiger partial charge is 0.292 e. The van der Waals surface area contributed by atoms with Crippen LogP contribution >= 0.6 is 0 Å². The number of anilines is 1. The molecule has 0 unspecified atom stereocenters. The molecule has 0 aliphatic heterocycles. The topological polar surface area (TPSA) is 58.4 Å². The zero-order valence-corrected chi connectivity index (χ0v) is 12.7. The lowest BCUT2D eigenvalue weighted by atomic mass is 10.1. The molecule has 0 aliphatic rings. The molecular formula is C15H25N3O2. The lowest BCUT2D eigenvalue weighted by Crippen LogP contribution is -2.24. The molecule has 1 aromatic carbocycles. The lowest BCUT2D eigenvalue weighted by Gasteiger charge is -2.22. The second-order valence-corrected chi connectivity index (χ2v) is 4.82. The number of benzene rings is 1. The summed E-state index contributed by atoms with van der Waals surface area (Å²) in [6, 6.07) is 5.30. The number of unbranched alkanes of at least 4 members (excludes halogenated alkanes) is 1. The zero-order valence-electron chi connectivity index (χ0n) is 12.7. The van der Waals surface area contributed by atoms with Gasteiger partial charge in [0.25, 0.3) is 5.69 Å². The fourth-order valence-corrected chi connectivity index (χ4v) is 2.22. The van der Waals surface area contributed by atoms with Gasteiger partial charge in [0.2, 0.25) is 0 Å². The number of nitro benzene ring substituents is 1. The Hall–Kier alpha value is -1.62. The van der Waals surface area contributed by atoms with Crippen molar-refractivity contribution >= 4 is 11.4 Å². The highest BCUT2D eigenvalue weighted by molar-refractivity contribution is 5.66. The van der Waals surface area contributed by atoms with Crippen LogP contribution in [-0.2, 0) is 6.54 Å². The van der Waals surface area contributed by atoms with Crippen LogP contribution in [0, 0.1) is 10.1 Å². The van der Waals surface area contributed by atoms with Gasteiger partial charge in [0, 0.05) is 19.2 Å². The van der Waals surface area contributed by atoms with Crippen molar-refractivity contribution in [3.8, 4) is 0 Å². The molecule has 0 fully saturated rings. The van der Waals surface area contributed by atoms with E-state index in [-0.39, 0.29) is 10.6 Å². The zero-order chi connectivity index (χ0) is 15.0. The first kappa shape index (κ1) is 16.4. The fourth-order valence-electron chi connectivity index (χ4n) is 2.22. The Labute approximate surface area is 121 Å². The minimum absolute atomic E-state index is 0.163. The third-order valence-corrected chi connectivity index (χ3v) is 3.35. The normalized spacial score (nSPS) is 10.8. The summed E-state index contributed by atoms with van der Waals surface area (Å²) in [5.74, 6) is 0. The van der Waals surface area contributed by atoms with Crippen LogP contribution < -0.4 is 5.32 Å². The van der Waals surface area contributed by atoms with Crippen LogP contribution in [0.1, 0.15) is 39.2 Å². The van der Waals surface area contributed by atoms with Gasteiger partial charge in [-0.05, 0) is 32.0 Å². The molecular weight excluding hydrogens is 254 g/mol. The Kier molecular flexibility index (Phi) is 7.01. The van der Waals surface area contributed by atoms with Gasteiger partial charge in [0.1, 0.15) is 5.69 Å². The number of nitrogens with zero attached hydrogens (tertiary/aromatic N) is 2. The van der Waals surface area contributed by atoms with Crippen molar-refractivity contribution in [1.29, 1.82) is 0 Å². The molecule has 20 heavy (non-hydrogen) atoms. The van der Waals surface area contributed by atoms with E-state index in [1.54, 1.807) is 12.1 Å². The molecule has 112 valence electrons. The van der Waals surface area contributed by atoms with E-state index in [4.69, 9.17) is 0 Å². The predicted molar refractivity (Wildman–Crippen MR) is 83.1 cm³/mol. The standard InChI is InChI=1S/C15H25N3O2/c1-4-7-11-17(6-3)12-13-9-8-10-14(18(19)20)15(13)16-5-2/h8-10,16H,4-7,11-12H2,1-3H3. The third kappa shape index (κ3) is 4.49. The van der Waals surface area contributed by atoms with Gasteiger partial charge in [-0.3, -0.25) is 15.0 Å². The van der Waals surface area contributed by atoms with E-state index < -0.39 is 0 Å². The number of hydrogen-bond donors (Lipinski definition) is 1. The largest absolute Gasteiger partial charge is 0.380 e. The summed E-state index contributed by atoms with van der Waals surface area (Å²) in [4.78, 5) is 13.1. The second kappa shape index (κ2) is 8.53. The van der Waals surface area contributed by atoms with Crippen LogP contribution in [0.15, 0.2) is 18.2 Å². The lowest BCUT2D eigenvalue weighted by molar-refractivity contribution is -0.384. The maximum Gasteiger partial charge on any atom is 0.292 e. The molecule has 0 aliphatic carbocycles. The highest BCUT2D eigenvalue weighted by Gasteiger charge is 2.17. The molecule has 1 N–H and O–H groups in total. The minimum atomic E-state index is -0.316. The molecule has 1 rings (SSSR count). The van der Waals surface area contributed by atoms with Crippen molar-refractivity contribution in [2.75, 3.05) is 25.0 Å². The summed E-state index contributed by atoms with van der Waals surface area (Å²) >= 11 is 0. The minimum Gasteiger partial charge on any atom is -0.380 e. The van der Waals surface area contributed by atoms with Crippen LogP contribution in [0.3, 0.4) is 0 Å². The Morgan fingerprint density at radius 3 is 2.60 bits per heavy atom. The van der Waals surface area contributed by atoms with E-state index in [1.807, 2.05) is 13.0 Å². The van der Waals surface area contributed by atoms with Crippen LogP contribution in [0.5, 0.6) is 0 Å². The van der Waals surface area contributed by atoms with Gasteiger partial charge >= 0.3 is 0 Å². The highest BCUT2D eigenvalue weighted by Crippen LogP contribution is 2.29. The monoisotopic (exact) mass is 279 g/mol. The summed E-state index contributed by atoms with van der Waals surface area (Å²) in [5.41, 5.74) is 1.82. The third-order valence-electron chi connectivity index (χ3n) is 3.35. The van der Waals surface area contributed by atoms with Gasteiger partial charge in [0.15, 0.2) is 0 Å². The summed E-state index contributed by atoms with van der Waals surface area (Å²) in [7, 11) is 0. The Balaban J connectivity index is 2.97. The Bertz CT molecular complexity index is 435. The van der Waals surface area contributed by atoms with Crippen molar-refractivity contribution in [1.82, 2.24) is 4.90 Å². The summed E-state index contributed by atoms with van der Waals surface area (Å²) in [5, 5.41) is 14.3.